The summed E-state index contributed by atoms with van der Waals surface area (Å²) >= 11 is 1.43. The van der Waals surface area contributed by atoms with Crippen LogP contribution in [0.15, 0.2) is 76.7 Å². The van der Waals surface area contributed by atoms with Gasteiger partial charge in [-0.25, -0.2) is 14.2 Å². The van der Waals surface area contributed by atoms with Crippen molar-refractivity contribution >= 4 is 22.9 Å². The molecule has 1 amide bonds. The molecule has 11 heteroatoms. The first-order chi connectivity index (χ1) is 19.4. The van der Waals surface area contributed by atoms with Gasteiger partial charge in [-0.15, -0.1) is 21.5 Å². The Morgan fingerprint density at radius 3 is 2.67 bits per heavy atom. The number of nitrogens with zero attached hydrogens (tertiary/aromatic N) is 5. The smallest absolute Gasteiger partial charge is 0.265 e. The van der Waals surface area contributed by atoms with Crippen molar-refractivity contribution in [3.8, 4) is 11.5 Å². The maximum absolute atomic E-state index is 13.7. The number of rotatable bonds is 7. The molecule has 40 heavy (non-hydrogen) atoms. The summed E-state index contributed by atoms with van der Waals surface area (Å²) in [6.45, 7) is 3.77. The number of anilines is 1. The van der Waals surface area contributed by atoms with Gasteiger partial charge in [-0.3, -0.25) is 14.7 Å². The van der Waals surface area contributed by atoms with E-state index in [9.17, 15) is 13.6 Å². The molecule has 1 N–H and O–H groups in total. The summed E-state index contributed by atoms with van der Waals surface area (Å²) in [6, 6.07) is 15.5. The first-order valence-corrected chi connectivity index (χ1v) is 14.0. The Morgan fingerprint density at radius 2 is 1.95 bits per heavy atom. The van der Waals surface area contributed by atoms with Crippen LogP contribution in [0.5, 0.6) is 0 Å². The summed E-state index contributed by atoms with van der Waals surface area (Å²) in [5.74, 6) is -0.746. The molecule has 2 aromatic heterocycles. The molecule has 0 bridgehead atoms. The molecule has 2 aromatic carbocycles. The topological polar surface area (TPSA) is 77.7 Å². The van der Waals surface area contributed by atoms with Crippen molar-refractivity contribution in [2.75, 3.05) is 18.1 Å². The van der Waals surface area contributed by atoms with Gasteiger partial charge in [0.05, 0.1) is 10.6 Å². The first-order valence-electron chi connectivity index (χ1n) is 13.1. The summed E-state index contributed by atoms with van der Waals surface area (Å²) in [5.41, 5.74) is 5.88. The summed E-state index contributed by atoms with van der Waals surface area (Å²) in [5, 5.41) is 11.8. The number of aromatic nitrogens is 2. The van der Waals surface area contributed by atoms with Crippen LogP contribution in [0.4, 0.5) is 14.5 Å². The number of aryl methyl sites for hydroxylation is 1. The second kappa shape index (κ2) is 11.3. The van der Waals surface area contributed by atoms with E-state index < -0.39 is 11.6 Å². The Hall–Kier alpha value is -3.93. The van der Waals surface area contributed by atoms with Gasteiger partial charge in [-0.1, -0.05) is 18.2 Å². The lowest BCUT2D eigenvalue weighted by molar-refractivity contribution is 0.0463. The van der Waals surface area contributed by atoms with Gasteiger partial charge in [0.15, 0.2) is 11.6 Å². The van der Waals surface area contributed by atoms with Crippen LogP contribution in [-0.4, -0.2) is 51.2 Å². The molecule has 1 saturated heterocycles. The van der Waals surface area contributed by atoms with Crippen molar-refractivity contribution < 1.29 is 18.0 Å². The van der Waals surface area contributed by atoms with Gasteiger partial charge >= 0.3 is 0 Å². The molecule has 4 aromatic rings. The van der Waals surface area contributed by atoms with Crippen molar-refractivity contribution in [3.63, 3.8) is 0 Å². The summed E-state index contributed by atoms with van der Waals surface area (Å²) in [4.78, 5) is 18.6. The summed E-state index contributed by atoms with van der Waals surface area (Å²) in [7, 11) is 0. The molecule has 1 fully saturated rings. The number of benzene rings is 2. The molecule has 0 aliphatic carbocycles. The van der Waals surface area contributed by atoms with E-state index in [0.29, 0.717) is 23.2 Å². The van der Waals surface area contributed by atoms with Gasteiger partial charge in [-0.2, -0.15) is 0 Å². The number of halogens is 2. The quantitative estimate of drug-likeness (QED) is 0.325. The lowest BCUT2D eigenvalue weighted by Crippen LogP contribution is -2.56. The number of hydrogen-bond donors (Lipinski definition) is 1. The third-order valence-corrected chi connectivity index (χ3v) is 8.05. The second-order valence-corrected chi connectivity index (χ2v) is 10.9. The molecule has 4 heterocycles. The number of carbonyl (C=O) groups excluding carboxylic acids is 1. The fraction of sp³-hybridized carbons (Fsp3) is 0.276. The molecular weight excluding hydrogens is 534 g/mol. The minimum absolute atomic E-state index is 0.00519. The van der Waals surface area contributed by atoms with E-state index in [2.05, 4.69) is 20.5 Å². The number of amides is 1. The number of carbonyl (C=O) groups is 1. The Kier molecular flexibility index (Phi) is 7.42. The van der Waals surface area contributed by atoms with Crippen LogP contribution in [0.25, 0.3) is 11.5 Å². The van der Waals surface area contributed by atoms with Crippen LogP contribution in [0.2, 0.25) is 0 Å². The van der Waals surface area contributed by atoms with E-state index in [0.717, 1.165) is 42.7 Å². The average molecular weight is 563 g/mol. The Morgan fingerprint density at radius 1 is 1.10 bits per heavy atom. The van der Waals surface area contributed by atoms with Gasteiger partial charge in [0.2, 0.25) is 11.8 Å². The van der Waals surface area contributed by atoms with Crippen LogP contribution in [0, 0.1) is 18.6 Å². The maximum Gasteiger partial charge on any atom is 0.265 e. The lowest BCUT2D eigenvalue weighted by Gasteiger charge is -2.41. The van der Waals surface area contributed by atoms with Gasteiger partial charge < -0.3 is 9.32 Å². The van der Waals surface area contributed by atoms with E-state index >= 15 is 0 Å². The van der Waals surface area contributed by atoms with Crippen LogP contribution in [-0.2, 0) is 6.54 Å². The minimum Gasteiger partial charge on any atom is -0.421 e. The SMILES string of the molecule is Cc1nnc(-c2cccc(N3C=CC(N(C(=O)c4cccs4)C4CCN(Cc5ccc(F)c(F)c5)CC4)N3)c2)o1. The minimum atomic E-state index is -0.840. The summed E-state index contributed by atoms with van der Waals surface area (Å²) < 4.78 is 32.6. The molecule has 2 aliphatic rings. The highest BCUT2D eigenvalue weighted by Crippen LogP contribution is 2.29. The molecule has 2 aliphatic heterocycles. The van der Waals surface area contributed by atoms with Crippen molar-refractivity contribution in [1.82, 2.24) is 25.4 Å². The highest BCUT2D eigenvalue weighted by molar-refractivity contribution is 7.12. The summed E-state index contributed by atoms with van der Waals surface area (Å²) in [6.07, 6.45) is 5.10. The third-order valence-electron chi connectivity index (χ3n) is 7.19. The number of nitrogens with one attached hydrogen (secondary N) is 1. The van der Waals surface area contributed by atoms with Crippen LogP contribution < -0.4 is 10.4 Å². The fourth-order valence-corrected chi connectivity index (χ4v) is 5.88. The van der Waals surface area contributed by atoms with Crippen molar-refractivity contribution in [1.29, 1.82) is 0 Å². The number of likely N-dealkylation sites (tertiary alicyclic amines) is 1. The molecule has 0 radical (unpaired) electrons. The number of hydrazine groups is 1. The molecule has 1 atom stereocenters. The van der Waals surface area contributed by atoms with Crippen LogP contribution in [0.1, 0.15) is 34.0 Å². The molecule has 206 valence electrons. The highest BCUT2D eigenvalue weighted by atomic mass is 32.1. The number of thiophene rings is 1. The average Bonchev–Trinajstić information content (AvgIpc) is 3.75. The maximum atomic E-state index is 13.7. The van der Waals surface area contributed by atoms with Gasteiger partial charge in [0.25, 0.3) is 5.91 Å². The Labute approximate surface area is 234 Å². The monoisotopic (exact) mass is 562 g/mol. The van der Waals surface area contributed by atoms with Crippen LogP contribution in [0.3, 0.4) is 0 Å². The zero-order chi connectivity index (χ0) is 27.6. The second-order valence-electron chi connectivity index (χ2n) is 9.91. The Balaban J connectivity index is 1.16. The van der Waals surface area contributed by atoms with E-state index in [1.54, 1.807) is 13.0 Å². The van der Waals surface area contributed by atoms with Gasteiger partial charge in [0.1, 0.15) is 6.17 Å². The standard InChI is InChI=1S/C29H28F2N6O2S/c1-19-32-33-28(39-19)21-4-2-5-23(17-21)36-14-11-27(34-36)37(29(38)26-6-3-15-40-26)22-9-12-35(13-10-22)18-20-7-8-24(30)25(31)16-20/h2-8,11,14-17,22,27,34H,9-10,12-13,18H2,1H3. The van der Waals surface area contributed by atoms with Crippen LogP contribution >= 0.6 is 11.3 Å². The third kappa shape index (κ3) is 5.53. The lowest BCUT2D eigenvalue weighted by atomic mass is 10.0. The largest absolute Gasteiger partial charge is 0.421 e. The highest BCUT2D eigenvalue weighted by Gasteiger charge is 2.35. The number of piperidine rings is 1. The van der Waals surface area contributed by atoms with Gasteiger partial charge in [0, 0.05) is 44.4 Å². The Bertz CT molecular complexity index is 1520. The first kappa shape index (κ1) is 26.3. The predicted octanol–water partition coefficient (Wildman–Crippen LogP) is 5.36. The molecule has 0 spiro atoms. The molecule has 0 saturated carbocycles. The van der Waals surface area contributed by atoms with E-state index in [-0.39, 0.29) is 18.1 Å². The van der Waals surface area contributed by atoms with E-state index in [1.807, 2.05) is 64.0 Å². The predicted molar refractivity (Wildman–Crippen MR) is 148 cm³/mol. The normalized spacial score (nSPS) is 18.0. The molecular formula is C29H28F2N6O2S. The van der Waals surface area contributed by atoms with Crippen molar-refractivity contribution in [3.05, 3.63) is 100 Å². The number of hydrogen-bond acceptors (Lipinski definition) is 8. The van der Waals surface area contributed by atoms with Gasteiger partial charge in [-0.05, 0) is 66.3 Å². The fourth-order valence-electron chi connectivity index (χ4n) is 5.21. The van der Waals surface area contributed by atoms with Crippen molar-refractivity contribution in [2.45, 2.75) is 38.5 Å². The zero-order valence-corrected chi connectivity index (χ0v) is 22.7. The van der Waals surface area contributed by atoms with Crippen molar-refractivity contribution in [2.24, 2.45) is 0 Å². The molecule has 6 rings (SSSR count). The zero-order valence-electron chi connectivity index (χ0n) is 21.8. The van der Waals surface area contributed by atoms with E-state index in [1.165, 1.54) is 23.5 Å². The molecule has 8 nitrogen and oxygen atoms in total. The van der Waals surface area contributed by atoms with E-state index in [4.69, 9.17) is 4.42 Å². The molecule has 1 unspecified atom stereocenters.